The number of hydrogen-bond donors (Lipinski definition) is 2. The number of nitrogens with one attached hydrogen (secondary N) is 2. The van der Waals surface area contributed by atoms with Gasteiger partial charge in [0, 0.05) is 45.8 Å². The van der Waals surface area contributed by atoms with E-state index in [1.807, 2.05) is 0 Å². The molecule has 1 heterocycles. The molecule has 2 unspecified atom stereocenters. The summed E-state index contributed by atoms with van der Waals surface area (Å²) >= 11 is 0. The fraction of sp³-hybridized carbons (Fsp3) is 0.667. The van der Waals surface area contributed by atoms with E-state index < -0.39 is 11.6 Å². The highest BCUT2D eigenvalue weighted by Crippen LogP contribution is 2.24. The van der Waals surface area contributed by atoms with Gasteiger partial charge < -0.3 is 15.5 Å². The van der Waals surface area contributed by atoms with E-state index in [4.69, 9.17) is 0 Å². The predicted molar refractivity (Wildman–Crippen MR) is 139 cm³/mol. The largest absolute Gasteiger partial charge is 0.354 e. The second-order valence-electron chi connectivity index (χ2n) is 9.41. The van der Waals surface area contributed by atoms with Gasteiger partial charge in [-0.05, 0) is 49.3 Å². The Kier molecular flexibility index (Phi) is 11.3. The molecular weight excluding hydrogens is 539 g/mol. The van der Waals surface area contributed by atoms with E-state index in [2.05, 4.69) is 27.4 Å². The van der Waals surface area contributed by atoms with Crippen LogP contribution in [0.4, 0.5) is 8.78 Å². The standard InChI is InChI=1S/C24H37F2N5O.HI/c1-17-6-4-5-7-22(17)29-24(27-15-23(32)30(2)3)28-19-10-12-31(13-11-19)16-18-8-9-20(25)21(26)14-18;/h8-9,14,17,19,22H,4-7,10-13,15-16H2,1-3H3,(H2,27,28,29);1H. The monoisotopic (exact) mass is 577 g/mol. The number of nitrogens with zero attached hydrogens (tertiary/aromatic N) is 3. The lowest BCUT2D eigenvalue weighted by Gasteiger charge is -2.35. The second-order valence-corrected chi connectivity index (χ2v) is 9.41. The average Bonchev–Trinajstić information content (AvgIpc) is 2.77. The highest BCUT2D eigenvalue weighted by atomic mass is 127. The minimum atomic E-state index is -0.809. The number of halogens is 3. The van der Waals surface area contributed by atoms with Gasteiger partial charge in [0.05, 0.1) is 0 Å². The van der Waals surface area contributed by atoms with E-state index in [9.17, 15) is 13.6 Å². The van der Waals surface area contributed by atoms with Crippen LogP contribution >= 0.6 is 24.0 Å². The Morgan fingerprint density at radius 2 is 1.79 bits per heavy atom. The summed E-state index contributed by atoms with van der Waals surface area (Å²) in [6.07, 6.45) is 6.67. The predicted octanol–water partition coefficient (Wildman–Crippen LogP) is 3.75. The number of rotatable bonds is 6. The van der Waals surface area contributed by atoms with Gasteiger partial charge in [-0.1, -0.05) is 25.8 Å². The zero-order valence-electron chi connectivity index (χ0n) is 19.9. The van der Waals surface area contributed by atoms with Crippen LogP contribution < -0.4 is 10.6 Å². The number of guanidine groups is 1. The normalized spacial score (nSPS) is 22.4. The average molecular weight is 578 g/mol. The molecule has 1 aromatic carbocycles. The summed E-state index contributed by atoms with van der Waals surface area (Å²) in [5, 5.41) is 7.14. The molecule has 9 heteroatoms. The fourth-order valence-corrected chi connectivity index (χ4v) is 4.45. The van der Waals surface area contributed by atoms with Crippen LogP contribution in [-0.4, -0.2) is 67.5 Å². The summed E-state index contributed by atoms with van der Waals surface area (Å²) in [4.78, 5) is 20.5. The molecule has 186 valence electrons. The van der Waals surface area contributed by atoms with Crippen molar-refractivity contribution in [3.8, 4) is 0 Å². The van der Waals surface area contributed by atoms with Crippen molar-refractivity contribution in [3.63, 3.8) is 0 Å². The maximum absolute atomic E-state index is 13.5. The van der Waals surface area contributed by atoms with E-state index in [0.29, 0.717) is 18.5 Å². The van der Waals surface area contributed by atoms with Gasteiger partial charge in [-0.2, -0.15) is 0 Å². The Hall–Kier alpha value is -1.49. The fourth-order valence-electron chi connectivity index (χ4n) is 4.45. The number of benzene rings is 1. The van der Waals surface area contributed by atoms with Crippen LogP contribution in [0.1, 0.15) is 51.0 Å². The molecule has 33 heavy (non-hydrogen) atoms. The number of likely N-dealkylation sites (N-methyl/N-ethyl adjacent to an activating group) is 1. The molecule has 2 fully saturated rings. The summed E-state index contributed by atoms with van der Waals surface area (Å²) in [7, 11) is 3.48. The van der Waals surface area contributed by atoms with Gasteiger partial charge in [-0.25, -0.2) is 13.8 Å². The maximum Gasteiger partial charge on any atom is 0.243 e. The summed E-state index contributed by atoms with van der Waals surface area (Å²) < 4.78 is 26.6. The molecular formula is C24H38F2IN5O. The number of aliphatic imine (C=N–C) groups is 1. The van der Waals surface area contributed by atoms with Crippen LogP contribution in [0.15, 0.2) is 23.2 Å². The van der Waals surface area contributed by atoms with E-state index in [1.165, 1.54) is 31.4 Å². The van der Waals surface area contributed by atoms with Gasteiger partial charge in [0.1, 0.15) is 6.54 Å². The van der Waals surface area contributed by atoms with Crippen LogP contribution in [-0.2, 0) is 11.3 Å². The molecule has 6 nitrogen and oxygen atoms in total. The van der Waals surface area contributed by atoms with E-state index >= 15 is 0 Å². The first-order valence-corrected chi connectivity index (χ1v) is 11.8. The zero-order chi connectivity index (χ0) is 23.1. The highest BCUT2D eigenvalue weighted by Gasteiger charge is 2.25. The lowest BCUT2D eigenvalue weighted by Crippen LogP contribution is -2.52. The minimum Gasteiger partial charge on any atom is -0.354 e. The number of carbonyl (C=O) groups excluding carboxylic acids is 1. The van der Waals surface area contributed by atoms with Gasteiger partial charge in [-0.3, -0.25) is 9.69 Å². The molecule has 2 aliphatic rings. The van der Waals surface area contributed by atoms with Gasteiger partial charge in [-0.15, -0.1) is 24.0 Å². The van der Waals surface area contributed by atoms with Crippen molar-refractivity contribution in [1.29, 1.82) is 0 Å². The highest BCUT2D eigenvalue weighted by molar-refractivity contribution is 14.0. The molecule has 0 aromatic heterocycles. The molecule has 1 aliphatic heterocycles. The topological polar surface area (TPSA) is 60.0 Å². The van der Waals surface area contributed by atoms with Gasteiger partial charge in [0.2, 0.25) is 5.91 Å². The van der Waals surface area contributed by atoms with Crippen molar-refractivity contribution in [2.75, 3.05) is 33.7 Å². The minimum absolute atomic E-state index is 0. The lowest BCUT2D eigenvalue weighted by molar-refractivity contribution is -0.127. The molecule has 1 amide bonds. The van der Waals surface area contributed by atoms with Crippen LogP contribution in [0.2, 0.25) is 0 Å². The lowest BCUT2D eigenvalue weighted by atomic mass is 9.86. The first-order valence-electron chi connectivity index (χ1n) is 11.8. The molecule has 1 aromatic rings. The Labute approximate surface area is 213 Å². The van der Waals surface area contributed by atoms with Crippen LogP contribution in [0.5, 0.6) is 0 Å². The molecule has 3 rings (SSSR count). The molecule has 1 saturated carbocycles. The molecule has 2 atom stereocenters. The van der Waals surface area contributed by atoms with Crippen molar-refractivity contribution >= 4 is 35.8 Å². The van der Waals surface area contributed by atoms with E-state index in [-0.39, 0.29) is 42.5 Å². The van der Waals surface area contributed by atoms with E-state index in [1.54, 1.807) is 25.1 Å². The van der Waals surface area contributed by atoms with Crippen LogP contribution in [0, 0.1) is 17.6 Å². The van der Waals surface area contributed by atoms with E-state index in [0.717, 1.165) is 43.9 Å². The summed E-state index contributed by atoms with van der Waals surface area (Å²) in [5.74, 6) is -0.327. The first kappa shape index (κ1) is 27.8. The third-order valence-corrected chi connectivity index (χ3v) is 6.62. The van der Waals surface area contributed by atoms with Gasteiger partial charge in [0.25, 0.3) is 0 Å². The van der Waals surface area contributed by atoms with Crippen molar-refractivity contribution in [3.05, 3.63) is 35.4 Å². The Morgan fingerprint density at radius 1 is 1.09 bits per heavy atom. The zero-order valence-corrected chi connectivity index (χ0v) is 22.3. The molecule has 0 spiro atoms. The van der Waals surface area contributed by atoms with Crippen LogP contribution in [0.3, 0.4) is 0 Å². The first-order chi connectivity index (χ1) is 15.3. The van der Waals surface area contributed by atoms with Crippen molar-refractivity contribution in [1.82, 2.24) is 20.4 Å². The number of piperidine rings is 1. The third-order valence-electron chi connectivity index (χ3n) is 6.62. The number of amides is 1. The summed E-state index contributed by atoms with van der Waals surface area (Å²) in [5.41, 5.74) is 0.785. The van der Waals surface area contributed by atoms with Crippen molar-refractivity contribution in [2.24, 2.45) is 10.9 Å². The van der Waals surface area contributed by atoms with Crippen LogP contribution in [0.25, 0.3) is 0 Å². The SMILES string of the molecule is CC1CCCCC1NC(=NCC(=O)N(C)C)NC1CCN(Cc2ccc(F)c(F)c2)CC1.I. The Bertz CT molecular complexity index is 799. The smallest absolute Gasteiger partial charge is 0.243 e. The molecule has 0 bridgehead atoms. The second kappa shape index (κ2) is 13.4. The third kappa shape index (κ3) is 8.66. The Morgan fingerprint density at radius 3 is 2.42 bits per heavy atom. The van der Waals surface area contributed by atoms with Gasteiger partial charge in [0.15, 0.2) is 17.6 Å². The van der Waals surface area contributed by atoms with Crippen molar-refractivity contribution < 1.29 is 13.6 Å². The molecule has 2 N–H and O–H groups in total. The Balaban J connectivity index is 0.00000385. The van der Waals surface area contributed by atoms with Crippen molar-refractivity contribution in [2.45, 2.75) is 64.1 Å². The number of likely N-dealkylation sites (tertiary alicyclic amines) is 1. The summed E-state index contributed by atoms with van der Waals surface area (Å²) in [6, 6.07) is 4.74. The number of hydrogen-bond acceptors (Lipinski definition) is 3. The molecule has 1 saturated heterocycles. The molecule has 0 radical (unpaired) electrons. The summed E-state index contributed by atoms with van der Waals surface area (Å²) in [6.45, 7) is 4.73. The van der Waals surface area contributed by atoms with Gasteiger partial charge >= 0.3 is 0 Å². The number of carbonyl (C=O) groups is 1. The maximum atomic E-state index is 13.5. The molecule has 1 aliphatic carbocycles. The quantitative estimate of drug-likeness (QED) is 0.308.